The van der Waals surface area contributed by atoms with Crippen molar-refractivity contribution >= 4 is 16.7 Å². The molecule has 30 heavy (non-hydrogen) atoms. The highest BCUT2D eigenvalue weighted by atomic mass is 16.5. The molecule has 0 saturated heterocycles. The number of hydrogen-bond acceptors (Lipinski definition) is 5. The number of rotatable bonds is 6. The van der Waals surface area contributed by atoms with Crippen molar-refractivity contribution in [3.8, 4) is 11.4 Å². The molecule has 0 amide bonds. The molecule has 7 nitrogen and oxygen atoms in total. The molecule has 7 heteroatoms. The normalized spacial score (nSPS) is 11.2. The maximum Gasteiger partial charge on any atom is 0.265 e. The lowest BCUT2D eigenvalue weighted by Gasteiger charge is -2.17. The number of carbonyl (C=O) groups is 1. The number of aryl methyl sites for hydroxylation is 1. The molecule has 0 fully saturated rings. The van der Waals surface area contributed by atoms with Crippen LogP contribution in [0.4, 0.5) is 0 Å². The van der Waals surface area contributed by atoms with E-state index in [1.54, 1.807) is 53.5 Å². The van der Waals surface area contributed by atoms with E-state index in [4.69, 9.17) is 4.74 Å². The Balaban J connectivity index is 1.82. The molecule has 0 aliphatic heterocycles. The van der Waals surface area contributed by atoms with E-state index in [0.29, 0.717) is 27.9 Å². The quantitative estimate of drug-likeness (QED) is 0.461. The van der Waals surface area contributed by atoms with Gasteiger partial charge in [0, 0.05) is 17.5 Å². The van der Waals surface area contributed by atoms with Crippen LogP contribution in [0.25, 0.3) is 16.6 Å². The molecule has 0 unspecified atom stereocenters. The van der Waals surface area contributed by atoms with Crippen LogP contribution in [0.2, 0.25) is 0 Å². The largest absolute Gasteiger partial charge is 0.489 e. The van der Waals surface area contributed by atoms with Gasteiger partial charge in [-0.25, -0.2) is 9.97 Å². The van der Waals surface area contributed by atoms with Crippen LogP contribution < -0.4 is 10.3 Å². The number of aromatic nitrogens is 4. The number of carbonyl (C=O) groups excluding carboxylic acids is 1. The van der Waals surface area contributed by atoms with Gasteiger partial charge in [0.2, 0.25) is 0 Å². The van der Waals surface area contributed by atoms with Crippen LogP contribution in [-0.2, 0) is 6.54 Å². The summed E-state index contributed by atoms with van der Waals surface area (Å²) in [5, 5.41) is 0.501. The molecule has 0 atom stereocenters. The lowest BCUT2D eigenvalue weighted by atomic mass is 10.1. The highest BCUT2D eigenvalue weighted by Crippen LogP contribution is 2.25. The molecule has 0 radical (unpaired) electrons. The SMILES string of the molecule is Cc1cncn1CC(=O)c1ccc(OC(C)C)c(-n2cnc3ccccc3c2=O)c1. The van der Waals surface area contributed by atoms with Gasteiger partial charge in [-0.3, -0.25) is 14.2 Å². The van der Waals surface area contributed by atoms with Crippen molar-refractivity contribution in [3.05, 3.63) is 82.9 Å². The third-order valence-electron chi connectivity index (χ3n) is 4.80. The van der Waals surface area contributed by atoms with Crippen LogP contribution in [0.3, 0.4) is 0 Å². The van der Waals surface area contributed by atoms with E-state index < -0.39 is 0 Å². The van der Waals surface area contributed by atoms with E-state index in [9.17, 15) is 9.59 Å². The summed E-state index contributed by atoms with van der Waals surface area (Å²) < 4.78 is 9.12. The predicted molar refractivity (Wildman–Crippen MR) is 114 cm³/mol. The first-order chi connectivity index (χ1) is 14.4. The van der Waals surface area contributed by atoms with Gasteiger partial charge in [-0.05, 0) is 51.1 Å². The number of imidazole rings is 1. The van der Waals surface area contributed by atoms with Gasteiger partial charge in [-0.15, -0.1) is 0 Å². The molecule has 4 aromatic rings. The van der Waals surface area contributed by atoms with Gasteiger partial charge >= 0.3 is 0 Å². The molecule has 2 heterocycles. The molecule has 0 bridgehead atoms. The van der Waals surface area contributed by atoms with Crippen LogP contribution in [0.1, 0.15) is 29.9 Å². The number of ether oxygens (including phenoxy) is 1. The van der Waals surface area contributed by atoms with Crippen molar-refractivity contribution in [2.24, 2.45) is 0 Å². The van der Waals surface area contributed by atoms with Crippen molar-refractivity contribution in [1.82, 2.24) is 19.1 Å². The first kappa shape index (κ1) is 19.6. The number of hydrogen-bond donors (Lipinski definition) is 0. The smallest absolute Gasteiger partial charge is 0.265 e. The summed E-state index contributed by atoms with van der Waals surface area (Å²) >= 11 is 0. The van der Waals surface area contributed by atoms with Crippen molar-refractivity contribution in [2.45, 2.75) is 33.4 Å². The minimum Gasteiger partial charge on any atom is -0.489 e. The number of fused-ring (bicyclic) bond motifs is 1. The molecule has 2 aromatic carbocycles. The summed E-state index contributed by atoms with van der Waals surface area (Å²) in [6.45, 7) is 5.88. The standard InChI is InChI=1S/C23H22N4O3/c1-15(2)30-22-9-8-17(21(28)12-26-13-24-11-16(26)3)10-20(22)27-14-25-19-7-5-4-6-18(19)23(27)29/h4-11,13-15H,12H2,1-3H3. The highest BCUT2D eigenvalue weighted by molar-refractivity contribution is 5.96. The van der Waals surface area contributed by atoms with Crippen LogP contribution >= 0.6 is 0 Å². The van der Waals surface area contributed by atoms with E-state index in [1.165, 1.54) is 10.9 Å². The summed E-state index contributed by atoms with van der Waals surface area (Å²) in [7, 11) is 0. The highest BCUT2D eigenvalue weighted by Gasteiger charge is 2.16. The zero-order valence-corrected chi connectivity index (χ0v) is 17.1. The van der Waals surface area contributed by atoms with Crippen molar-refractivity contribution in [3.63, 3.8) is 0 Å². The Morgan fingerprint density at radius 1 is 1.13 bits per heavy atom. The Kier molecular flexibility index (Phi) is 5.18. The molecule has 0 aliphatic rings. The summed E-state index contributed by atoms with van der Waals surface area (Å²) in [6.07, 6.45) is 4.71. The van der Waals surface area contributed by atoms with E-state index in [1.807, 2.05) is 26.8 Å². The fraction of sp³-hybridized carbons (Fsp3) is 0.217. The predicted octanol–water partition coefficient (Wildman–Crippen LogP) is 3.56. The first-order valence-electron chi connectivity index (χ1n) is 9.71. The van der Waals surface area contributed by atoms with Crippen molar-refractivity contribution in [1.29, 1.82) is 0 Å². The second-order valence-electron chi connectivity index (χ2n) is 7.37. The summed E-state index contributed by atoms with van der Waals surface area (Å²) in [5.41, 5.74) is 2.27. The lowest BCUT2D eigenvalue weighted by Crippen LogP contribution is -2.21. The Hall–Kier alpha value is -3.74. The second kappa shape index (κ2) is 7.94. The van der Waals surface area contributed by atoms with Gasteiger partial charge in [0.1, 0.15) is 12.1 Å². The van der Waals surface area contributed by atoms with Crippen molar-refractivity contribution < 1.29 is 9.53 Å². The summed E-state index contributed by atoms with van der Waals surface area (Å²) in [4.78, 5) is 34.5. The fourth-order valence-corrected chi connectivity index (χ4v) is 3.27. The average Bonchev–Trinajstić information content (AvgIpc) is 3.13. The van der Waals surface area contributed by atoms with Gasteiger partial charge in [0.15, 0.2) is 5.78 Å². The van der Waals surface area contributed by atoms with Crippen LogP contribution in [-0.4, -0.2) is 31.0 Å². The molecule has 152 valence electrons. The second-order valence-corrected chi connectivity index (χ2v) is 7.37. The Bertz CT molecular complexity index is 1290. The first-order valence-corrected chi connectivity index (χ1v) is 9.71. The van der Waals surface area contributed by atoms with Gasteiger partial charge in [-0.2, -0.15) is 0 Å². The van der Waals surface area contributed by atoms with E-state index in [-0.39, 0.29) is 24.0 Å². The molecular weight excluding hydrogens is 380 g/mol. The minimum atomic E-state index is -0.218. The molecule has 0 saturated carbocycles. The average molecular weight is 402 g/mol. The van der Waals surface area contributed by atoms with Crippen LogP contribution in [0, 0.1) is 6.92 Å². The number of benzene rings is 2. The number of nitrogens with zero attached hydrogens (tertiary/aromatic N) is 4. The Morgan fingerprint density at radius 2 is 1.93 bits per heavy atom. The van der Waals surface area contributed by atoms with Crippen LogP contribution in [0.5, 0.6) is 5.75 Å². The number of Topliss-reactive ketones (excluding diaryl/α,β-unsaturated/α-hetero) is 1. The minimum absolute atomic E-state index is 0.0877. The van der Waals surface area contributed by atoms with E-state index >= 15 is 0 Å². The zero-order chi connectivity index (χ0) is 21.3. The van der Waals surface area contributed by atoms with Gasteiger partial charge in [-0.1, -0.05) is 12.1 Å². The zero-order valence-electron chi connectivity index (χ0n) is 17.1. The molecule has 4 rings (SSSR count). The van der Waals surface area contributed by atoms with Gasteiger partial charge in [0.05, 0.1) is 35.6 Å². The molecule has 0 aliphatic carbocycles. The summed E-state index contributed by atoms with van der Waals surface area (Å²) in [5.74, 6) is 0.426. The lowest BCUT2D eigenvalue weighted by molar-refractivity contribution is 0.0971. The third kappa shape index (κ3) is 3.74. The van der Waals surface area contributed by atoms with E-state index in [0.717, 1.165) is 5.69 Å². The Morgan fingerprint density at radius 3 is 2.67 bits per heavy atom. The number of para-hydroxylation sites is 1. The molecule has 0 spiro atoms. The topological polar surface area (TPSA) is 79.0 Å². The maximum absolute atomic E-state index is 13.1. The van der Waals surface area contributed by atoms with Crippen LogP contribution in [0.15, 0.2) is 66.1 Å². The van der Waals surface area contributed by atoms with E-state index in [2.05, 4.69) is 9.97 Å². The van der Waals surface area contributed by atoms with Gasteiger partial charge in [0.25, 0.3) is 5.56 Å². The summed E-state index contributed by atoms with van der Waals surface area (Å²) in [6, 6.07) is 12.3. The van der Waals surface area contributed by atoms with Crippen molar-refractivity contribution in [2.75, 3.05) is 0 Å². The third-order valence-corrected chi connectivity index (χ3v) is 4.80. The fourth-order valence-electron chi connectivity index (χ4n) is 3.27. The Labute approximate surface area is 173 Å². The maximum atomic E-state index is 13.1. The van der Waals surface area contributed by atoms with Gasteiger partial charge < -0.3 is 9.30 Å². The monoisotopic (exact) mass is 402 g/mol. The molecule has 2 aromatic heterocycles. The number of ketones is 1. The molecule has 0 N–H and O–H groups in total. The molecular formula is C23H22N4O3.